The second-order valence-electron chi connectivity index (χ2n) is 4.49. The van der Waals surface area contributed by atoms with E-state index in [0.717, 1.165) is 29.2 Å². The van der Waals surface area contributed by atoms with Crippen LogP contribution >= 0.6 is 11.6 Å². The fourth-order valence-electron chi connectivity index (χ4n) is 2.01. The number of halogens is 1. The second kappa shape index (κ2) is 4.08. The maximum absolute atomic E-state index is 6.19. The van der Waals surface area contributed by atoms with Crippen LogP contribution in [-0.2, 0) is 6.42 Å². The predicted molar refractivity (Wildman–Crippen MR) is 67.8 cm³/mol. The normalized spacial score (nSPS) is 15.1. The van der Waals surface area contributed by atoms with Gasteiger partial charge in [-0.2, -0.15) is 0 Å². The number of anilines is 1. The average molecular weight is 249 g/mol. The van der Waals surface area contributed by atoms with Crippen LogP contribution in [0.15, 0.2) is 28.8 Å². The van der Waals surface area contributed by atoms with Crippen molar-refractivity contribution in [3.05, 3.63) is 35.0 Å². The minimum Gasteiger partial charge on any atom is -0.380 e. The molecule has 0 amide bonds. The number of nitrogen functional groups attached to an aromatic ring is 1. The van der Waals surface area contributed by atoms with Crippen molar-refractivity contribution in [1.82, 2.24) is 5.16 Å². The minimum atomic E-state index is 0.425. The largest absolute Gasteiger partial charge is 0.380 e. The van der Waals surface area contributed by atoms with Crippen LogP contribution < -0.4 is 5.73 Å². The van der Waals surface area contributed by atoms with E-state index in [-0.39, 0.29) is 0 Å². The van der Waals surface area contributed by atoms with Gasteiger partial charge in [-0.05, 0) is 24.8 Å². The molecule has 0 bridgehead atoms. The molecule has 88 valence electrons. The number of aromatic nitrogens is 1. The van der Waals surface area contributed by atoms with Crippen molar-refractivity contribution in [3.63, 3.8) is 0 Å². The van der Waals surface area contributed by atoms with Gasteiger partial charge in [-0.1, -0.05) is 35.0 Å². The van der Waals surface area contributed by atoms with Gasteiger partial charge in [0.1, 0.15) is 5.76 Å². The summed E-state index contributed by atoms with van der Waals surface area (Å²) < 4.78 is 5.32. The smallest absolute Gasteiger partial charge is 0.175 e. The molecule has 4 heteroatoms. The van der Waals surface area contributed by atoms with Crippen LogP contribution in [0, 0.1) is 5.92 Å². The highest BCUT2D eigenvalue weighted by Gasteiger charge is 2.27. The molecule has 1 aromatic carbocycles. The van der Waals surface area contributed by atoms with E-state index in [4.69, 9.17) is 21.9 Å². The number of nitrogens with two attached hydrogens (primary N) is 1. The summed E-state index contributed by atoms with van der Waals surface area (Å²) in [5.74, 6) is 2.01. The molecule has 0 atom stereocenters. The number of nitrogens with zero attached hydrogens (tertiary/aromatic N) is 1. The highest BCUT2D eigenvalue weighted by atomic mass is 35.5. The van der Waals surface area contributed by atoms with Crippen LogP contribution in [0.4, 0.5) is 5.82 Å². The lowest BCUT2D eigenvalue weighted by atomic mass is 10.0. The molecule has 3 rings (SSSR count). The lowest BCUT2D eigenvalue weighted by Crippen LogP contribution is -1.92. The number of hydrogen-bond acceptors (Lipinski definition) is 3. The van der Waals surface area contributed by atoms with Crippen molar-refractivity contribution in [1.29, 1.82) is 0 Å². The maximum Gasteiger partial charge on any atom is 0.175 e. The Bertz CT molecular complexity index is 546. The molecule has 2 aromatic rings. The molecular formula is C13H13ClN2O. The monoisotopic (exact) mass is 248 g/mol. The van der Waals surface area contributed by atoms with Crippen molar-refractivity contribution < 1.29 is 4.52 Å². The minimum absolute atomic E-state index is 0.425. The molecule has 1 aromatic heterocycles. The Morgan fingerprint density at radius 3 is 2.82 bits per heavy atom. The van der Waals surface area contributed by atoms with E-state index in [0.29, 0.717) is 10.8 Å². The van der Waals surface area contributed by atoms with E-state index in [1.807, 2.05) is 24.3 Å². The summed E-state index contributed by atoms with van der Waals surface area (Å²) >= 11 is 6.19. The summed E-state index contributed by atoms with van der Waals surface area (Å²) in [4.78, 5) is 0. The Hall–Kier alpha value is -1.48. The molecule has 3 nitrogen and oxygen atoms in total. The van der Waals surface area contributed by atoms with Crippen molar-refractivity contribution in [3.8, 4) is 11.1 Å². The Labute approximate surface area is 105 Å². The molecule has 0 radical (unpaired) electrons. The maximum atomic E-state index is 6.19. The Morgan fingerprint density at radius 2 is 2.12 bits per heavy atom. The first-order chi connectivity index (χ1) is 8.25. The van der Waals surface area contributed by atoms with E-state index in [1.54, 1.807) is 0 Å². The molecule has 1 aliphatic rings. The first kappa shape index (κ1) is 10.7. The quantitative estimate of drug-likeness (QED) is 0.904. The number of benzene rings is 1. The van der Waals surface area contributed by atoms with Gasteiger partial charge < -0.3 is 10.3 Å². The van der Waals surface area contributed by atoms with Gasteiger partial charge in [0.15, 0.2) is 5.82 Å². The highest BCUT2D eigenvalue weighted by molar-refractivity contribution is 6.33. The zero-order valence-electron chi connectivity index (χ0n) is 9.32. The van der Waals surface area contributed by atoms with Gasteiger partial charge in [-0.25, -0.2) is 0 Å². The van der Waals surface area contributed by atoms with Gasteiger partial charge in [0.25, 0.3) is 0 Å². The van der Waals surface area contributed by atoms with Gasteiger partial charge in [-0.15, -0.1) is 0 Å². The molecule has 0 aliphatic heterocycles. The van der Waals surface area contributed by atoms with Crippen LogP contribution in [0.25, 0.3) is 11.1 Å². The van der Waals surface area contributed by atoms with Crippen LogP contribution in [0.2, 0.25) is 5.02 Å². The lowest BCUT2D eigenvalue weighted by molar-refractivity contribution is 0.381. The third-order valence-electron chi connectivity index (χ3n) is 3.10. The van der Waals surface area contributed by atoms with Gasteiger partial charge in [0, 0.05) is 17.0 Å². The van der Waals surface area contributed by atoms with Crippen molar-refractivity contribution in [2.45, 2.75) is 19.3 Å². The summed E-state index contributed by atoms with van der Waals surface area (Å²) in [6.45, 7) is 0. The zero-order valence-corrected chi connectivity index (χ0v) is 10.1. The third kappa shape index (κ3) is 2.03. The summed E-state index contributed by atoms with van der Waals surface area (Å²) in [6, 6.07) is 7.64. The fourth-order valence-corrected chi connectivity index (χ4v) is 2.24. The van der Waals surface area contributed by atoms with E-state index < -0.39 is 0 Å². The van der Waals surface area contributed by atoms with Crippen LogP contribution in [0.5, 0.6) is 0 Å². The van der Waals surface area contributed by atoms with Crippen LogP contribution in [-0.4, -0.2) is 5.16 Å². The molecule has 1 heterocycles. The molecule has 0 unspecified atom stereocenters. The molecule has 0 saturated heterocycles. The molecule has 17 heavy (non-hydrogen) atoms. The zero-order chi connectivity index (χ0) is 11.8. The van der Waals surface area contributed by atoms with Gasteiger partial charge in [-0.3, -0.25) is 0 Å². The average Bonchev–Trinajstić information content (AvgIpc) is 3.05. The van der Waals surface area contributed by atoms with Crippen LogP contribution in [0.3, 0.4) is 0 Å². The Kier molecular flexibility index (Phi) is 2.56. The van der Waals surface area contributed by atoms with Crippen molar-refractivity contribution >= 4 is 17.4 Å². The summed E-state index contributed by atoms with van der Waals surface area (Å²) in [7, 11) is 0. The topological polar surface area (TPSA) is 52.0 Å². The summed E-state index contributed by atoms with van der Waals surface area (Å²) in [5, 5.41) is 4.54. The van der Waals surface area contributed by atoms with Gasteiger partial charge in [0.05, 0.1) is 5.56 Å². The van der Waals surface area contributed by atoms with E-state index >= 15 is 0 Å². The first-order valence-electron chi connectivity index (χ1n) is 5.74. The highest BCUT2D eigenvalue weighted by Crippen LogP contribution is 2.39. The van der Waals surface area contributed by atoms with Crippen LogP contribution in [0.1, 0.15) is 18.6 Å². The molecular weight excluding hydrogens is 236 g/mol. The molecule has 2 N–H and O–H groups in total. The molecule has 1 aliphatic carbocycles. The fraction of sp³-hybridized carbons (Fsp3) is 0.308. The van der Waals surface area contributed by atoms with Gasteiger partial charge >= 0.3 is 0 Å². The first-order valence-corrected chi connectivity index (χ1v) is 6.12. The third-order valence-corrected chi connectivity index (χ3v) is 3.43. The van der Waals surface area contributed by atoms with E-state index in [1.165, 1.54) is 12.8 Å². The number of hydrogen-bond donors (Lipinski definition) is 1. The lowest BCUT2D eigenvalue weighted by Gasteiger charge is -2.04. The second-order valence-corrected chi connectivity index (χ2v) is 4.90. The Balaban J connectivity index is 2.06. The molecule has 1 fully saturated rings. The Morgan fingerprint density at radius 1 is 1.35 bits per heavy atom. The number of rotatable bonds is 3. The summed E-state index contributed by atoms with van der Waals surface area (Å²) in [6.07, 6.45) is 3.44. The molecule has 0 spiro atoms. The predicted octanol–water partition coefficient (Wildman–Crippen LogP) is 3.53. The standard InChI is InChI=1S/C13H13ClN2O/c14-10-4-2-1-3-9(10)12-11(7-8-5-6-8)17-16-13(12)15/h1-4,8H,5-7H2,(H2,15,16). The van der Waals surface area contributed by atoms with Crippen molar-refractivity contribution in [2.24, 2.45) is 5.92 Å². The SMILES string of the molecule is Nc1noc(CC2CC2)c1-c1ccccc1Cl. The molecule has 1 saturated carbocycles. The van der Waals surface area contributed by atoms with Gasteiger partial charge in [0.2, 0.25) is 0 Å². The van der Waals surface area contributed by atoms with E-state index in [2.05, 4.69) is 5.16 Å². The van der Waals surface area contributed by atoms with E-state index in [9.17, 15) is 0 Å². The van der Waals surface area contributed by atoms with Crippen molar-refractivity contribution in [2.75, 3.05) is 5.73 Å². The summed E-state index contributed by atoms with van der Waals surface area (Å²) in [5.41, 5.74) is 7.64.